The van der Waals surface area contributed by atoms with Gasteiger partial charge in [-0.3, -0.25) is 9.59 Å². The molecule has 3 heterocycles. The number of ketones is 1. The Morgan fingerprint density at radius 2 is 2.15 bits per heavy atom. The van der Waals surface area contributed by atoms with Crippen LogP contribution in [-0.4, -0.2) is 43.7 Å². The minimum atomic E-state index is -0.141. The number of rotatable bonds is 3. The Morgan fingerprint density at radius 3 is 2.77 bits per heavy atom. The summed E-state index contributed by atoms with van der Waals surface area (Å²) >= 11 is 0. The van der Waals surface area contributed by atoms with Crippen LogP contribution >= 0.6 is 0 Å². The molecule has 2 N–H and O–H groups in total. The molecule has 26 heavy (non-hydrogen) atoms. The first-order valence-corrected chi connectivity index (χ1v) is 8.41. The maximum Gasteiger partial charge on any atom is 0.246 e. The van der Waals surface area contributed by atoms with Crippen LogP contribution in [0, 0.1) is 11.8 Å². The lowest BCUT2D eigenvalue weighted by molar-refractivity contribution is -0.126. The van der Waals surface area contributed by atoms with Crippen LogP contribution < -0.4 is 5.73 Å². The molecule has 0 aliphatic carbocycles. The number of likely N-dealkylation sites (tertiary alicyclic amines) is 1. The number of Topliss-reactive ketones (excluding diaryl/α,β-unsaturated/α-hetero) is 1. The van der Waals surface area contributed by atoms with E-state index in [0.29, 0.717) is 28.8 Å². The van der Waals surface area contributed by atoms with Crippen molar-refractivity contribution in [3.8, 4) is 11.8 Å². The topological polar surface area (TPSA) is 94.1 Å². The average Bonchev–Trinajstić information content (AvgIpc) is 3.13. The van der Waals surface area contributed by atoms with Crippen molar-refractivity contribution in [1.82, 2.24) is 19.4 Å². The summed E-state index contributed by atoms with van der Waals surface area (Å²) in [6.45, 7) is 9.26. The van der Waals surface area contributed by atoms with Crippen LogP contribution in [0.5, 0.6) is 0 Å². The molecule has 0 aromatic carbocycles. The number of hydrogen-bond acceptors (Lipinski definition) is 5. The lowest BCUT2D eigenvalue weighted by Gasteiger charge is -2.19. The standard InChI is InChI=1S/C19H21N5O2/c1-5-7-14-16(12(4)25)17-18(20)21-10-22-19(17)24(14)13-8-11(3)23(9-13)15(26)6-2/h6,10-11,13H,2,8-9H2,1,3-4H3,(H2,20,21,22). The van der Waals surface area contributed by atoms with Crippen LogP contribution in [0.1, 0.15) is 49.3 Å². The van der Waals surface area contributed by atoms with Crippen molar-refractivity contribution >= 4 is 28.5 Å². The van der Waals surface area contributed by atoms with E-state index in [1.165, 1.54) is 19.3 Å². The first-order valence-electron chi connectivity index (χ1n) is 8.41. The quantitative estimate of drug-likeness (QED) is 0.518. The zero-order valence-electron chi connectivity index (χ0n) is 15.1. The van der Waals surface area contributed by atoms with Crippen molar-refractivity contribution in [2.75, 3.05) is 12.3 Å². The Labute approximate surface area is 151 Å². The first kappa shape index (κ1) is 17.7. The number of nitrogen functional groups attached to an aromatic ring is 1. The van der Waals surface area contributed by atoms with Gasteiger partial charge in [0.1, 0.15) is 23.5 Å². The monoisotopic (exact) mass is 351 g/mol. The van der Waals surface area contributed by atoms with Gasteiger partial charge >= 0.3 is 0 Å². The largest absolute Gasteiger partial charge is 0.383 e. The highest BCUT2D eigenvalue weighted by Crippen LogP contribution is 2.36. The van der Waals surface area contributed by atoms with E-state index in [0.717, 1.165) is 6.42 Å². The van der Waals surface area contributed by atoms with Gasteiger partial charge in [-0.15, -0.1) is 0 Å². The Balaban J connectivity index is 2.26. The van der Waals surface area contributed by atoms with E-state index >= 15 is 0 Å². The van der Waals surface area contributed by atoms with Crippen molar-refractivity contribution in [2.24, 2.45) is 0 Å². The van der Waals surface area contributed by atoms with Gasteiger partial charge in [-0.2, -0.15) is 0 Å². The normalized spacial score (nSPS) is 19.3. The van der Waals surface area contributed by atoms with E-state index in [-0.39, 0.29) is 29.6 Å². The summed E-state index contributed by atoms with van der Waals surface area (Å²) in [5.74, 6) is 5.91. The van der Waals surface area contributed by atoms with Gasteiger partial charge in [-0.1, -0.05) is 12.5 Å². The molecule has 2 atom stereocenters. The second-order valence-electron chi connectivity index (χ2n) is 6.42. The third-order valence-corrected chi connectivity index (χ3v) is 4.78. The van der Waals surface area contributed by atoms with E-state index in [9.17, 15) is 9.59 Å². The van der Waals surface area contributed by atoms with Crippen molar-refractivity contribution in [3.05, 3.63) is 30.2 Å². The number of carbonyl (C=O) groups is 2. The highest BCUT2D eigenvalue weighted by molar-refractivity contribution is 6.11. The molecule has 0 radical (unpaired) electrons. The summed E-state index contributed by atoms with van der Waals surface area (Å²) in [5.41, 5.74) is 7.64. The molecular formula is C19H21N5O2. The predicted molar refractivity (Wildman–Crippen MR) is 99.5 cm³/mol. The van der Waals surface area contributed by atoms with Gasteiger partial charge in [-0.05, 0) is 39.2 Å². The number of nitrogens with zero attached hydrogens (tertiary/aromatic N) is 4. The second kappa shape index (κ2) is 6.64. The second-order valence-corrected chi connectivity index (χ2v) is 6.42. The molecule has 134 valence electrons. The SMILES string of the molecule is C=CC(=O)N1CC(n2c(C#CC)c(C(C)=O)c3c(N)ncnc32)CC1C. The molecule has 0 bridgehead atoms. The maximum absolute atomic E-state index is 12.3. The number of nitrogens with two attached hydrogens (primary N) is 1. The Hall–Kier alpha value is -3.14. The van der Waals surface area contributed by atoms with Gasteiger partial charge in [-0.25, -0.2) is 9.97 Å². The highest BCUT2D eigenvalue weighted by atomic mass is 16.2. The lowest BCUT2D eigenvalue weighted by atomic mass is 10.1. The van der Waals surface area contributed by atoms with Gasteiger partial charge in [0.05, 0.1) is 17.0 Å². The average molecular weight is 351 g/mol. The third kappa shape index (κ3) is 2.64. The minimum absolute atomic E-state index is 0.0466. The molecule has 2 aromatic rings. The zero-order valence-corrected chi connectivity index (χ0v) is 15.1. The number of carbonyl (C=O) groups excluding carboxylic acids is 2. The zero-order chi connectivity index (χ0) is 19.0. The molecule has 1 fully saturated rings. The van der Waals surface area contributed by atoms with Crippen molar-refractivity contribution < 1.29 is 9.59 Å². The summed E-state index contributed by atoms with van der Waals surface area (Å²) in [6.07, 6.45) is 3.43. The van der Waals surface area contributed by atoms with Gasteiger partial charge in [0.2, 0.25) is 5.91 Å². The van der Waals surface area contributed by atoms with Gasteiger partial charge < -0.3 is 15.2 Å². The molecule has 7 nitrogen and oxygen atoms in total. The van der Waals surface area contributed by atoms with Crippen LogP contribution in [0.3, 0.4) is 0 Å². The first-order chi connectivity index (χ1) is 12.4. The molecule has 1 amide bonds. The maximum atomic E-state index is 12.3. The van der Waals surface area contributed by atoms with Crippen molar-refractivity contribution in [1.29, 1.82) is 0 Å². The van der Waals surface area contributed by atoms with Crippen LogP contribution in [0.25, 0.3) is 11.0 Å². The molecule has 2 unspecified atom stereocenters. The minimum Gasteiger partial charge on any atom is -0.383 e. The fourth-order valence-corrected chi connectivity index (χ4v) is 3.71. The smallest absolute Gasteiger partial charge is 0.246 e. The molecule has 1 aliphatic heterocycles. The van der Waals surface area contributed by atoms with Crippen LogP contribution in [0.4, 0.5) is 5.82 Å². The number of fused-ring (bicyclic) bond motifs is 1. The summed E-state index contributed by atoms with van der Waals surface area (Å²) in [6, 6.07) is -0.0139. The van der Waals surface area contributed by atoms with E-state index in [2.05, 4.69) is 28.4 Å². The third-order valence-electron chi connectivity index (χ3n) is 4.78. The van der Waals surface area contributed by atoms with E-state index in [1.54, 1.807) is 11.8 Å². The Kier molecular flexibility index (Phi) is 4.51. The number of amides is 1. The fourth-order valence-electron chi connectivity index (χ4n) is 3.71. The Morgan fingerprint density at radius 1 is 1.42 bits per heavy atom. The molecule has 1 aliphatic rings. The van der Waals surface area contributed by atoms with Gasteiger partial charge in [0.25, 0.3) is 0 Å². The highest BCUT2D eigenvalue weighted by Gasteiger charge is 2.36. The number of hydrogen-bond donors (Lipinski definition) is 1. The number of aromatic nitrogens is 3. The van der Waals surface area contributed by atoms with Gasteiger partial charge in [0, 0.05) is 12.6 Å². The van der Waals surface area contributed by atoms with Crippen LogP contribution in [-0.2, 0) is 4.79 Å². The van der Waals surface area contributed by atoms with Crippen molar-refractivity contribution in [3.63, 3.8) is 0 Å². The van der Waals surface area contributed by atoms with E-state index in [4.69, 9.17) is 5.73 Å². The van der Waals surface area contributed by atoms with Crippen molar-refractivity contribution in [2.45, 2.75) is 39.3 Å². The molecule has 3 rings (SSSR count). The Bertz CT molecular complexity index is 979. The summed E-state index contributed by atoms with van der Waals surface area (Å²) < 4.78 is 1.94. The lowest BCUT2D eigenvalue weighted by Crippen LogP contribution is -2.32. The predicted octanol–water partition coefficient (Wildman–Crippen LogP) is 1.94. The summed E-state index contributed by atoms with van der Waals surface area (Å²) in [4.78, 5) is 34.6. The fraction of sp³-hybridized carbons (Fsp3) is 0.368. The molecule has 1 saturated heterocycles. The number of anilines is 1. The molecule has 0 spiro atoms. The summed E-state index contributed by atoms with van der Waals surface area (Å²) in [7, 11) is 0. The van der Waals surface area contributed by atoms with Gasteiger partial charge in [0.15, 0.2) is 5.78 Å². The molecule has 0 saturated carbocycles. The summed E-state index contributed by atoms with van der Waals surface area (Å²) in [5, 5.41) is 0.527. The molecule has 7 heteroatoms. The molecule has 2 aromatic heterocycles. The molecular weight excluding hydrogens is 330 g/mol. The van der Waals surface area contributed by atoms with Crippen LogP contribution in [0.2, 0.25) is 0 Å². The van der Waals surface area contributed by atoms with E-state index in [1.807, 2.05) is 11.5 Å². The van der Waals surface area contributed by atoms with E-state index < -0.39 is 0 Å². The van der Waals surface area contributed by atoms with Crippen LogP contribution in [0.15, 0.2) is 19.0 Å².